The van der Waals surface area contributed by atoms with E-state index in [-0.39, 0.29) is 24.8 Å². The number of benzene rings is 3. The number of H-pyrrole nitrogens is 1. The van der Waals surface area contributed by atoms with Crippen LogP contribution in [-0.2, 0) is 35.5 Å². The fraction of sp³-hybridized carbons (Fsp3) is 0.364. The van der Waals surface area contributed by atoms with Crippen LogP contribution >= 0.6 is 0 Å². The minimum atomic E-state index is -0.531. The Morgan fingerprint density at radius 1 is 1.14 bits per heavy atom. The summed E-state index contributed by atoms with van der Waals surface area (Å²) >= 11 is 0. The number of halogens is 1. The zero-order chi connectivity index (χ0) is 30.8. The molecule has 2 N–H and O–H groups in total. The number of carbonyl (C=O) groups excluding carboxylic acids is 1. The summed E-state index contributed by atoms with van der Waals surface area (Å²) in [6.45, 7) is 6.01. The fourth-order valence-electron chi connectivity index (χ4n) is 6.08. The first-order valence-corrected chi connectivity index (χ1v) is 14.7. The first-order valence-electron chi connectivity index (χ1n) is 14.7. The predicted molar refractivity (Wildman–Crippen MR) is 166 cm³/mol. The number of methoxy groups -OCH3 is 1. The van der Waals surface area contributed by atoms with E-state index in [1.807, 2.05) is 61.2 Å². The molecule has 44 heavy (non-hydrogen) atoms. The molecule has 0 unspecified atom stereocenters. The molecule has 0 radical (unpaired) electrons. The molecule has 2 aliphatic rings. The molecule has 0 saturated carbocycles. The van der Waals surface area contributed by atoms with E-state index in [1.54, 1.807) is 13.2 Å². The summed E-state index contributed by atoms with van der Waals surface area (Å²) in [5, 5.41) is 4.63. The fourth-order valence-corrected chi connectivity index (χ4v) is 6.08. The molecular formula is C33H36FN5O5. The molecular weight excluding hydrogens is 565 g/mol. The molecule has 4 aromatic rings. The van der Waals surface area contributed by atoms with Crippen molar-refractivity contribution in [3.8, 4) is 5.75 Å². The number of nitrogens with one attached hydrogen (secondary N) is 2. The van der Waals surface area contributed by atoms with Gasteiger partial charge in [-0.25, -0.2) is 14.2 Å². The standard InChI is InChI=1S/C33H36FN5O5/c1-4-24-26(34)11-10-22-14-23(44-20-42-3)15-28(29(22)24)38-13-12-25-27(16-38)35-31(36-30(25)40)39-18-33(2,19-39)37-32(41)43-17-21-8-6-5-7-9-21/h5-11,14-15H,4,12-13,16-20H2,1-3H3,(H,37,41)(H,35,36,40). The number of rotatable bonds is 9. The van der Waals surface area contributed by atoms with Crippen molar-refractivity contribution in [3.05, 3.63) is 93.2 Å². The van der Waals surface area contributed by atoms with Crippen LogP contribution in [0.3, 0.4) is 0 Å². The summed E-state index contributed by atoms with van der Waals surface area (Å²) in [6, 6.07) is 16.5. The molecule has 6 rings (SSSR count). The first-order chi connectivity index (χ1) is 21.3. The molecule has 0 aliphatic carbocycles. The third-order valence-electron chi connectivity index (χ3n) is 8.22. The van der Waals surface area contributed by atoms with Crippen LogP contribution in [-0.4, -0.2) is 55.1 Å². The normalized spacial score (nSPS) is 15.5. The topological polar surface area (TPSA) is 109 Å². The number of fused-ring (bicyclic) bond motifs is 2. The van der Waals surface area contributed by atoms with Crippen molar-refractivity contribution in [2.75, 3.05) is 43.3 Å². The van der Waals surface area contributed by atoms with E-state index in [2.05, 4.69) is 15.2 Å². The van der Waals surface area contributed by atoms with Crippen LogP contribution in [0.4, 0.5) is 20.8 Å². The van der Waals surface area contributed by atoms with Crippen molar-refractivity contribution >= 4 is 28.5 Å². The zero-order valence-corrected chi connectivity index (χ0v) is 25.1. The Hall–Kier alpha value is -4.64. The van der Waals surface area contributed by atoms with E-state index in [0.29, 0.717) is 67.5 Å². The second kappa shape index (κ2) is 12.2. The van der Waals surface area contributed by atoms with Crippen LogP contribution in [0.5, 0.6) is 5.75 Å². The van der Waals surface area contributed by atoms with E-state index >= 15 is 0 Å². The van der Waals surface area contributed by atoms with E-state index in [0.717, 1.165) is 22.0 Å². The highest BCUT2D eigenvalue weighted by Gasteiger charge is 2.42. The summed E-state index contributed by atoms with van der Waals surface area (Å²) < 4.78 is 31.2. The summed E-state index contributed by atoms with van der Waals surface area (Å²) in [6.07, 6.45) is 0.527. The third kappa shape index (κ3) is 5.92. The van der Waals surface area contributed by atoms with Crippen molar-refractivity contribution in [1.82, 2.24) is 15.3 Å². The second-order valence-electron chi connectivity index (χ2n) is 11.6. The van der Waals surface area contributed by atoms with Crippen LogP contribution < -0.4 is 25.4 Å². The van der Waals surface area contributed by atoms with Crippen molar-refractivity contribution in [1.29, 1.82) is 0 Å². The number of nitrogens with zero attached hydrogens (tertiary/aromatic N) is 3. The minimum Gasteiger partial charge on any atom is -0.467 e. The molecule has 1 aromatic heterocycles. The Balaban J connectivity index is 1.20. The Morgan fingerprint density at radius 2 is 1.93 bits per heavy atom. The van der Waals surface area contributed by atoms with Gasteiger partial charge in [0.05, 0.1) is 17.8 Å². The number of amides is 1. The largest absolute Gasteiger partial charge is 0.467 e. The van der Waals surface area contributed by atoms with Gasteiger partial charge in [0.25, 0.3) is 5.56 Å². The van der Waals surface area contributed by atoms with Gasteiger partial charge in [0.1, 0.15) is 18.2 Å². The molecule has 2 aliphatic heterocycles. The lowest BCUT2D eigenvalue weighted by Gasteiger charge is -2.48. The number of alkyl carbamates (subject to hydrolysis) is 1. The molecule has 230 valence electrons. The molecule has 3 heterocycles. The maximum atomic E-state index is 14.9. The number of carbonyl (C=O) groups is 1. The zero-order valence-electron chi connectivity index (χ0n) is 25.1. The van der Waals surface area contributed by atoms with Crippen LogP contribution in [0.25, 0.3) is 10.8 Å². The number of anilines is 2. The summed E-state index contributed by atoms with van der Waals surface area (Å²) in [5.74, 6) is 0.817. The van der Waals surface area contributed by atoms with E-state index in [9.17, 15) is 14.0 Å². The minimum absolute atomic E-state index is 0.0876. The van der Waals surface area contributed by atoms with Crippen LogP contribution in [0, 0.1) is 5.82 Å². The molecule has 1 amide bonds. The summed E-state index contributed by atoms with van der Waals surface area (Å²) in [4.78, 5) is 37.5. The summed E-state index contributed by atoms with van der Waals surface area (Å²) in [5.41, 5.74) is 2.99. The van der Waals surface area contributed by atoms with Crippen LogP contribution in [0.15, 0.2) is 59.4 Å². The highest BCUT2D eigenvalue weighted by Crippen LogP contribution is 2.38. The quantitative estimate of drug-likeness (QED) is 0.267. The third-order valence-corrected chi connectivity index (χ3v) is 8.22. The van der Waals surface area contributed by atoms with Gasteiger partial charge in [-0.3, -0.25) is 9.78 Å². The summed E-state index contributed by atoms with van der Waals surface area (Å²) in [7, 11) is 1.56. The van der Waals surface area contributed by atoms with Crippen molar-refractivity contribution in [2.24, 2.45) is 0 Å². The van der Waals surface area contributed by atoms with Gasteiger partial charge in [-0.15, -0.1) is 0 Å². The monoisotopic (exact) mass is 601 g/mol. The lowest BCUT2D eigenvalue weighted by atomic mass is 9.93. The van der Waals surface area contributed by atoms with Crippen molar-refractivity contribution in [3.63, 3.8) is 0 Å². The van der Waals surface area contributed by atoms with E-state index < -0.39 is 11.6 Å². The SMILES string of the molecule is CCc1c(F)ccc2cc(OCOC)cc(N3CCc4c(nc(N5CC(C)(NC(=O)OCc6ccccc6)C5)[nH]c4=O)C3)c12. The maximum absolute atomic E-state index is 14.9. The van der Waals surface area contributed by atoms with E-state index in [4.69, 9.17) is 19.2 Å². The molecule has 0 atom stereocenters. The Morgan fingerprint density at radius 3 is 2.68 bits per heavy atom. The number of ether oxygens (including phenoxy) is 3. The molecule has 11 heteroatoms. The molecule has 3 aromatic carbocycles. The van der Waals surface area contributed by atoms with Gasteiger partial charge in [0.15, 0.2) is 6.79 Å². The van der Waals surface area contributed by atoms with Crippen molar-refractivity contribution < 1.29 is 23.4 Å². The van der Waals surface area contributed by atoms with Gasteiger partial charge in [-0.05, 0) is 48.4 Å². The van der Waals surface area contributed by atoms with Gasteiger partial charge in [-0.1, -0.05) is 43.3 Å². The van der Waals surface area contributed by atoms with Crippen molar-refractivity contribution in [2.45, 2.75) is 45.4 Å². The van der Waals surface area contributed by atoms with Gasteiger partial charge >= 0.3 is 6.09 Å². The number of aromatic amines is 1. The lowest BCUT2D eigenvalue weighted by Crippen LogP contribution is -2.69. The average Bonchev–Trinajstić information content (AvgIpc) is 3.01. The Kier molecular flexibility index (Phi) is 8.13. The Bertz CT molecular complexity index is 1740. The second-order valence-corrected chi connectivity index (χ2v) is 11.6. The van der Waals surface area contributed by atoms with Crippen LogP contribution in [0.1, 0.15) is 36.2 Å². The average molecular weight is 602 g/mol. The van der Waals surface area contributed by atoms with Gasteiger partial charge in [-0.2, -0.15) is 0 Å². The number of aromatic nitrogens is 2. The smallest absolute Gasteiger partial charge is 0.408 e. The number of hydrogen-bond donors (Lipinski definition) is 2. The predicted octanol–water partition coefficient (Wildman–Crippen LogP) is 4.68. The first kappa shape index (κ1) is 29.4. The number of aryl methyl sites for hydroxylation is 1. The molecule has 0 bridgehead atoms. The molecule has 1 fully saturated rings. The maximum Gasteiger partial charge on any atom is 0.408 e. The van der Waals surface area contributed by atoms with Gasteiger partial charge in [0.2, 0.25) is 5.95 Å². The number of hydrogen-bond acceptors (Lipinski definition) is 8. The van der Waals surface area contributed by atoms with Crippen LogP contribution in [0.2, 0.25) is 0 Å². The molecule has 1 saturated heterocycles. The van der Waals surface area contributed by atoms with Gasteiger partial charge < -0.3 is 29.3 Å². The van der Waals surface area contributed by atoms with E-state index in [1.165, 1.54) is 6.07 Å². The highest BCUT2D eigenvalue weighted by molar-refractivity contribution is 5.98. The van der Waals surface area contributed by atoms with Gasteiger partial charge in [0, 0.05) is 49.4 Å². The Labute approximate surface area is 254 Å². The highest BCUT2D eigenvalue weighted by atomic mass is 19.1. The molecule has 0 spiro atoms. The molecule has 10 nitrogen and oxygen atoms in total. The lowest BCUT2D eigenvalue weighted by molar-refractivity contribution is 0.0512.